The van der Waals surface area contributed by atoms with E-state index in [1.54, 1.807) is 11.3 Å². The van der Waals surface area contributed by atoms with Gasteiger partial charge in [0.15, 0.2) is 0 Å². The van der Waals surface area contributed by atoms with E-state index >= 15 is 0 Å². The molecule has 0 radical (unpaired) electrons. The molecule has 0 bridgehead atoms. The van der Waals surface area contributed by atoms with E-state index in [2.05, 4.69) is 42.5 Å². The van der Waals surface area contributed by atoms with Gasteiger partial charge in [-0.3, -0.25) is 0 Å². The van der Waals surface area contributed by atoms with Gasteiger partial charge in [-0.2, -0.15) is 0 Å². The van der Waals surface area contributed by atoms with Crippen molar-refractivity contribution < 1.29 is 1.37 Å². The van der Waals surface area contributed by atoms with Crippen LogP contribution in [-0.2, 0) is 0 Å². The summed E-state index contributed by atoms with van der Waals surface area (Å²) in [7, 11) is 0. The molecule has 0 nitrogen and oxygen atoms in total. The molecule has 0 N–H and O–H groups in total. The van der Waals surface area contributed by atoms with Gasteiger partial charge in [-0.25, -0.2) is 0 Å². The zero-order valence-corrected chi connectivity index (χ0v) is 13.0. The van der Waals surface area contributed by atoms with Gasteiger partial charge in [0.1, 0.15) is 0 Å². The van der Waals surface area contributed by atoms with Gasteiger partial charge < -0.3 is 0 Å². The Morgan fingerprint density at radius 1 is 0.750 bits per heavy atom. The first kappa shape index (κ1) is 10.2. The van der Waals surface area contributed by atoms with Crippen molar-refractivity contribution in [2.24, 2.45) is 0 Å². The fourth-order valence-corrected chi connectivity index (χ4v) is 6.64. The molecule has 0 aliphatic heterocycles. The summed E-state index contributed by atoms with van der Waals surface area (Å²) in [6.07, 6.45) is 0. The Hall–Kier alpha value is -1.60. The van der Waals surface area contributed by atoms with Crippen molar-refractivity contribution >= 4 is 65.3 Å². The molecule has 0 aliphatic rings. The van der Waals surface area contributed by atoms with E-state index in [-0.39, 0.29) is 0 Å². The van der Waals surface area contributed by atoms with Crippen molar-refractivity contribution in [1.29, 1.82) is 0 Å². The average molecular weight is 338 g/mol. The van der Waals surface area contributed by atoms with Crippen molar-refractivity contribution in [2.75, 3.05) is 0 Å². The zero-order valence-electron chi connectivity index (χ0n) is 11.5. The van der Waals surface area contributed by atoms with Crippen LogP contribution in [0.2, 0.25) is 0 Å². The van der Waals surface area contributed by atoms with Crippen LogP contribution in [0.25, 0.3) is 39.5 Å². The van der Waals surface area contributed by atoms with Crippen LogP contribution in [0.3, 0.4) is 0 Å². The van der Waals surface area contributed by atoms with Gasteiger partial charge >= 0.3 is 127 Å². The Labute approximate surface area is 127 Å². The number of hydrogen-bond donors (Lipinski definition) is 0. The molecule has 3 aromatic carbocycles. The Morgan fingerprint density at radius 2 is 1.55 bits per heavy atom. The van der Waals surface area contributed by atoms with Crippen LogP contribution in [0.5, 0.6) is 0 Å². The maximum absolute atomic E-state index is 8.28. The summed E-state index contributed by atoms with van der Waals surface area (Å²) in [6.45, 7) is 0. The Morgan fingerprint density at radius 3 is 2.50 bits per heavy atom. The molecular formula is C18H10SSe. The zero-order chi connectivity index (χ0) is 14.0. The van der Waals surface area contributed by atoms with E-state index in [1.165, 1.54) is 34.8 Å². The monoisotopic (exact) mass is 339 g/mol. The van der Waals surface area contributed by atoms with Crippen LogP contribution in [0.15, 0.2) is 60.6 Å². The first-order valence-electron chi connectivity index (χ1n) is 7.05. The van der Waals surface area contributed by atoms with Crippen LogP contribution in [0.1, 0.15) is 1.37 Å². The van der Waals surface area contributed by atoms with Gasteiger partial charge in [0.05, 0.1) is 0 Å². The molecule has 5 rings (SSSR count). The third kappa shape index (κ3) is 1.36. The second kappa shape index (κ2) is 3.95. The van der Waals surface area contributed by atoms with Gasteiger partial charge in [-0.15, -0.1) is 0 Å². The first-order chi connectivity index (χ1) is 10.3. The summed E-state index contributed by atoms with van der Waals surface area (Å²) in [4.78, 5) is 0. The van der Waals surface area contributed by atoms with Crippen LogP contribution in [-0.4, -0.2) is 14.5 Å². The molecular weight excluding hydrogens is 327 g/mol. The summed E-state index contributed by atoms with van der Waals surface area (Å²) >= 11 is 2.17. The second-order valence-corrected chi connectivity index (χ2v) is 8.25. The predicted molar refractivity (Wildman–Crippen MR) is 91.3 cm³/mol. The molecule has 0 spiro atoms. The summed E-state index contributed by atoms with van der Waals surface area (Å²) in [5.41, 5.74) is 0. The van der Waals surface area contributed by atoms with Gasteiger partial charge in [-0.05, 0) is 0 Å². The molecule has 2 heteroatoms. The van der Waals surface area contributed by atoms with Crippen molar-refractivity contribution in [3.05, 3.63) is 60.6 Å². The summed E-state index contributed by atoms with van der Waals surface area (Å²) in [5.74, 6) is 0. The number of fused-ring (bicyclic) bond motifs is 2. The van der Waals surface area contributed by atoms with E-state index in [9.17, 15) is 0 Å². The topological polar surface area (TPSA) is 0 Å². The Balaban J connectivity index is 2.31. The molecule has 0 atom stereocenters. The predicted octanol–water partition coefficient (Wildman–Crippen LogP) is 5.42. The maximum atomic E-state index is 8.28. The van der Waals surface area contributed by atoms with Crippen LogP contribution in [0, 0.1) is 0 Å². The Kier molecular flexibility index (Phi) is 2.01. The van der Waals surface area contributed by atoms with Crippen LogP contribution in [0.4, 0.5) is 0 Å². The molecule has 0 unspecified atom stereocenters. The van der Waals surface area contributed by atoms with Crippen LogP contribution < -0.4 is 0 Å². The fourth-order valence-electron chi connectivity index (χ4n) is 2.97. The molecule has 2 heterocycles. The van der Waals surface area contributed by atoms with E-state index in [0.29, 0.717) is 20.5 Å². The van der Waals surface area contributed by atoms with E-state index in [0.717, 1.165) is 4.70 Å². The van der Waals surface area contributed by atoms with Gasteiger partial charge in [0.25, 0.3) is 0 Å². The van der Waals surface area contributed by atoms with Gasteiger partial charge in [0.2, 0.25) is 0 Å². The third-order valence-corrected chi connectivity index (χ3v) is 7.26. The minimum absolute atomic E-state index is 0.410. The molecule has 2 aromatic heterocycles. The fraction of sp³-hybridized carbons (Fsp3) is 0. The van der Waals surface area contributed by atoms with Crippen molar-refractivity contribution in [3.8, 4) is 0 Å². The van der Waals surface area contributed by atoms with Crippen LogP contribution >= 0.6 is 11.3 Å². The van der Waals surface area contributed by atoms with Crippen molar-refractivity contribution in [1.82, 2.24) is 0 Å². The summed E-state index contributed by atoms with van der Waals surface area (Å²) in [6, 6.07) is 19.9. The molecule has 5 aromatic rings. The van der Waals surface area contributed by atoms with E-state index in [4.69, 9.17) is 1.37 Å². The number of rotatable bonds is 0. The molecule has 20 heavy (non-hydrogen) atoms. The first-order valence-corrected chi connectivity index (χ1v) is 9.08. The second-order valence-electron chi connectivity index (χ2n) is 4.93. The molecule has 0 saturated carbocycles. The normalized spacial score (nSPS) is 12.7. The summed E-state index contributed by atoms with van der Waals surface area (Å²) < 4.78 is 13.6. The quantitative estimate of drug-likeness (QED) is 0.331. The SMILES string of the molecule is [2H]c1cccc2c1sc1cccc3[se]c4cccc2c4c13. The number of hydrogen-bond acceptors (Lipinski definition) is 1. The van der Waals surface area contributed by atoms with E-state index in [1.807, 2.05) is 12.1 Å². The standard InChI is InChI=1S/C18H10SSe/c1-2-7-13-11(5-1)12-6-3-9-15-17(12)18-14(19-13)8-4-10-16(18)20-15/h1-10H/i7D. The average Bonchev–Trinajstić information content (AvgIpc) is 2.80. The van der Waals surface area contributed by atoms with Gasteiger partial charge in [-0.1, -0.05) is 0 Å². The van der Waals surface area contributed by atoms with Crippen molar-refractivity contribution in [2.45, 2.75) is 0 Å². The molecule has 94 valence electrons. The molecule has 0 saturated heterocycles. The van der Waals surface area contributed by atoms with Gasteiger partial charge in [0, 0.05) is 0 Å². The van der Waals surface area contributed by atoms with E-state index < -0.39 is 0 Å². The molecule has 0 fully saturated rings. The molecule has 0 aliphatic carbocycles. The number of benzene rings is 3. The Bertz CT molecular complexity index is 1150. The summed E-state index contributed by atoms with van der Waals surface area (Å²) in [5, 5.41) is 5.35. The minimum atomic E-state index is 0.410. The van der Waals surface area contributed by atoms with Crippen molar-refractivity contribution in [3.63, 3.8) is 0 Å². The third-order valence-electron chi connectivity index (χ3n) is 3.80. The molecule has 0 amide bonds.